The quantitative estimate of drug-likeness (QED) is 0.617. The molecule has 1 fully saturated rings. The molecular weight excluding hydrogens is 368 g/mol. The highest BCUT2D eigenvalue weighted by Crippen LogP contribution is 2.30. The van der Waals surface area contributed by atoms with Crippen molar-refractivity contribution in [2.75, 3.05) is 0 Å². The summed E-state index contributed by atoms with van der Waals surface area (Å²) in [6.45, 7) is 0.473. The summed E-state index contributed by atoms with van der Waals surface area (Å²) in [6, 6.07) is 27.2. The number of thioether (sulfide) groups is 1. The second-order valence-electron chi connectivity index (χ2n) is 6.13. The van der Waals surface area contributed by atoms with Gasteiger partial charge in [0, 0.05) is 5.56 Å². The molecule has 0 aliphatic carbocycles. The molecule has 5 heteroatoms. The van der Waals surface area contributed by atoms with Crippen molar-refractivity contribution in [2.45, 2.75) is 6.61 Å². The Kier molecular flexibility index (Phi) is 5.54. The number of carbonyl (C=O) groups is 1. The number of nitrogens with one attached hydrogen (secondary N) is 1. The number of carbonyl (C=O) groups excluding carboxylic acids is 1. The monoisotopic (exact) mass is 386 g/mol. The van der Waals surface area contributed by atoms with Crippen molar-refractivity contribution in [2.24, 2.45) is 4.99 Å². The fourth-order valence-electron chi connectivity index (χ4n) is 2.71. The lowest BCUT2D eigenvalue weighted by Crippen LogP contribution is -2.19. The first-order valence-corrected chi connectivity index (χ1v) is 9.70. The van der Waals surface area contributed by atoms with Crippen LogP contribution in [0.25, 0.3) is 6.08 Å². The number of nitrogens with zero attached hydrogens (tertiary/aromatic N) is 1. The summed E-state index contributed by atoms with van der Waals surface area (Å²) in [6.07, 6.45) is 1.84. The molecule has 1 heterocycles. The normalized spacial score (nSPS) is 16.4. The van der Waals surface area contributed by atoms with Gasteiger partial charge in [0.25, 0.3) is 5.91 Å². The van der Waals surface area contributed by atoms with Crippen LogP contribution in [0.15, 0.2) is 94.8 Å². The predicted molar refractivity (Wildman–Crippen MR) is 114 cm³/mol. The highest BCUT2D eigenvalue weighted by molar-refractivity contribution is 8.18. The maximum atomic E-state index is 12.3. The molecule has 138 valence electrons. The summed E-state index contributed by atoms with van der Waals surface area (Å²) in [7, 11) is 0. The second-order valence-corrected chi connectivity index (χ2v) is 7.16. The molecule has 0 atom stereocenters. The number of hydrogen-bond donors (Lipinski definition) is 1. The van der Waals surface area contributed by atoms with Gasteiger partial charge in [0.1, 0.15) is 12.4 Å². The molecule has 0 radical (unpaired) electrons. The Balaban J connectivity index is 1.52. The van der Waals surface area contributed by atoms with Crippen LogP contribution in [0, 0.1) is 0 Å². The molecule has 28 heavy (non-hydrogen) atoms. The van der Waals surface area contributed by atoms with Crippen molar-refractivity contribution >= 4 is 34.6 Å². The van der Waals surface area contributed by atoms with Crippen LogP contribution in [0.1, 0.15) is 11.1 Å². The van der Waals surface area contributed by atoms with Crippen molar-refractivity contribution < 1.29 is 9.53 Å². The van der Waals surface area contributed by atoms with Gasteiger partial charge in [-0.2, -0.15) is 0 Å². The molecule has 1 N–H and O–H groups in total. The van der Waals surface area contributed by atoms with Gasteiger partial charge in [-0.1, -0.05) is 66.7 Å². The Morgan fingerprint density at radius 3 is 2.36 bits per heavy atom. The van der Waals surface area contributed by atoms with Gasteiger partial charge in [0.15, 0.2) is 5.17 Å². The summed E-state index contributed by atoms with van der Waals surface area (Å²) < 4.78 is 5.98. The van der Waals surface area contributed by atoms with E-state index in [1.807, 2.05) is 91.0 Å². The van der Waals surface area contributed by atoms with E-state index in [0.29, 0.717) is 16.7 Å². The van der Waals surface area contributed by atoms with E-state index in [1.165, 1.54) is 11.8 Å². The van der Waals surface area contributed by atoms with Gasteiger partial charge in [0.2, 0.25) is 0 Å². The van der Waals surface area contributed by atoms with Crippen molar-refractivity contribution in [1.29, 1.82) is 0 Å². The summed E-state index contributed by atoms with van der Waals surface area (Å²) >= 11 is 1.33. The van der Waals surface area contributed by atoms with Crippen LogP contribution in [-0.4, -0.2) is 11.1 Å². The molecule has 0 saturated carbocycles. The molecule has 4 rings (SSSR count). The Labute approximate surface area is 168 Å². The standard InChI is InChI=1S/C23H18N2O2S/c26-22-21(28-23(25-22)24-19-12-5-2-6-13-19)15-18-11-7-8-14-20(18)27-16-17-9-3-1-4-10-17/h1-15H,16H2,(H,24,25,26). The van der Waals surface area contributed by atoms with Crippen LogP contribution in [-0.2, 0) is 11.4 Å². The van der Waals surface area contributed by atoms with E-state index in [0.717, 1.165) is 22.6 Å². The van der Waals surface area contributed by atoms with Crippen molar-refractivity contribution in [3.05, 3.63) is 101 Å². The lowest BCUT2D eigenvalue weighted by Gasteiger charge is -2.09. The van der Waals surface area contributed by atoms with E-state index in [4.69, 9.17) is 4.74 Å². The van der Waals surface area contributed by atoms with Gasteiger partial charge in [-0.05, 0) is 41.6 Å². The zero-order valence-electron chi connectivity index (χ0n) is 15.0. The average Bonchev–Trinajstić information content (AvgIpc) is 3.07. The summed E-state index contributed by atoms with van der Waals surface area (Å²) in [5.74, 6) is 0.582. The first-order chi connectivity index (χ1) is 13.8. The van der Waals surface area contributed by atoms with E-state index in [1.54, 1.807) is 0 Å². The molecule has 0 aromatic heterocycles. The van der Waals surface area contributed by atoms with Gasteiger partial charge in [0.05, 0.1) is 10.6 Å². The number of ether oxygens (including phenoxy) is 1. The topological polar surface area (TPSA) is 50.7 Å². The van der Waals surface area contributed by atoms with E-state index in [9.17, 15) is 4.79 Å². The minimum Gasteiger partial charge on any atom is -0.488 e. The Morgan fingerprint density at radius 1 is 0.893 bits per heavy atom. The zero-order valence-corrected chi connectivity index (χ0v) is 15.9. The fourth-order valence-corrected chi connectivity index (χ4v) is 3.54. The van der Waals surface area contributed by atoms with Gasteiger partial charge in [-0.3, -0.25) is 4.79 Å². The van der Waals surface area contributed by atoms with Crippen molar-refractivity contribution in [3.8, 4) is 5.75 Å². The van der Waals surface area contributed by atoms with Crippen LogP contribution in [0.4, 0.5) is 5.69 Å². The van der Waals surface area contributed by atoms with Crippen molar-refractivity contribution in [1.82, 2.24) is 5.32 Å². The van der Waals surface area contributed by atoms with Crippen LogP contribution >= 0.6 is 11.8 Å². The van der Waals surface area contributed by atoms with Crippen LogP contribution in [0.2, 0.25) is 0 Å². The lowest BCUT2D eigenvalue weighted by atomic mass is 10.2. The minimum absolute atomic E-state index is 0.155. The molecule has 3 aromatic rings. The highest BCUT2D eigenvalue weighted by Gasteiger charge is 2.24. The predicted octanol–water partition coefficient (Wildman–Crippen LogP) is 5.16. The lowest BCUT2D eigenvalue weighted by molar-refractivity contribution is -0.115. The number of hydrogen-bond acceptors (Lipinski definition) is 4. The molecular formula is C23H18N2O2S. The van der Waals surface area contributed by atoms with E-state index in [-0.39, 0.29) is 5.91 Å². The third-order valence-electron chi connectivity index (χ3n) is 4.08. The SMILES string of the molecule is O=C1NC(=Nc2ccccc2)SC1=Cc1ccccc1OCc1ccccc1. The maximum Gasteiger partial charge on any atom is 0.264 e. The van der Waals surface area contributed by atoms with Crippen molar-refractivity contribution in [3.63, 3.8) is 0 Å². The fraction of sp³-hybridized carbons (Fsp3) is 0.0435. The number of amides is 1. The second kappa shape index (κ2) is 8.59. The van der Waals surface area contributed by atoms with E-state index < -0.39 is 0 Å². The summed E-state index contributed by atoms with van der Waals surface area (Å²) in [5.41, 5.74) is 2.76. The zero-order chi connectivity index (χ0) is 19.2. The third-order valence-corrected chi connectivity index (χ3v) is 4.99. The molecule has 0 unspecified atom stereocenters. The summed E-state index contributed by atoms with van der Waals surface area (Å²) in [5, 5.41) is 3.39. The smallest absolute Gasteiger partial charge is 0.264 e. The number of rotatable bonds is 5. The van der Waals surface area contributed by atoms with E-state index >= 15 is 0 Å². The summed E-state index contributed by atoms with van der Waals surface area (Å²) in [4.78, 5) is 17.4. The average molecular weight is 386 g/mol. The molecule has 1 amide bonds. The maximum absolute atomic E-state index is 12.3. The highest BCUT2D eigenvalue weighted by atomic mass is 32.2. The molecule has 0 spiro atoms. The molecule has 0 bridgehead atoms. The van der Waals surface area contributed by atoms with Gasteiger partial charge < -0.3 is 10.1 Å². The molecule has 1 aliphatic heterocycles. The molecule has 3 aromatic carbocycles. The molecule has 4 nitrogen and oxygen atoms in total. The third kappa shape index (κ3) is 4.50. The Bertz CT molecular complexity index is 1030. The van der Waals surface area contributed by atoms with Crippen LogP contribution in [0.5, 0.6) is 5.75 Å². The molecule has 1 saturated heterocycles. The Morgan fingerprint density at radius 2 is 1.57 bits per heavy atom. The number of benzene rings is 3. The largest absolute Gasteiger partial charge is 0.488 e. The number of aliphatic imine (C=N–C) groups is 1. The molecule has 1 aliphatic rings. The van der Waals surface area contributed by atoms with Gasteiger partial charge in [-0.25, -0.2) is 4.99 Å². The van der Waals surface area contributed by atoms with Crippen LogP contribution in [0.3, 0.4) is 0 Å². The van der Waals surface area contributed by atoms with Gasteiger partial charge in [-0.15, -0.1) is 0 Å². The van der Waals surface area contributed by atoms with Gasteiger partial charge >= 0.3 is 0 Å². The Hall–Kier alpha value is -3.31. The number of para-hydroxylation sites is 2. The van der Waals surface area contributed by atoms with E-state index in [2.05, 4.69) is 10.3 Å². The first kappa shape index (κ1) is 18.1. The van der Waals surface area contributed by atoms with Crippen LogP contribution < -0.4 is 10.1 Å². The minimum atomic E-state index is -0.155. The first-order valence-electron chi connectivity index (χ1n) is 8.88. The number of amidine groups is 1.